The second-order valence-corrected chi connectivity index (χ2v) is 26.1. The van der Waals surface area contributed by atoms with Gasteiger partial charge in [0.1, 0.15) is 30.5 Å². The van der Waals surface area contributed by atoms with Crippen molar-refractivity contribution in [2.75, 3.05) is 13.2 Å². The first-order chi connectivity index (χ1) is 38.8. The molecule has 18 heteroatoms. The van der Waals surface area contributed by atoms with Crippen LogP contribution in [0.5, 0.6) is 0 Å². The Balaban J connectivity index is 1.99. The Morgan fingerprint density at radius 1 is 0.481 bits per heavy atom. The number of hydrogen-bond donors (Lipinski definition) is 7. The summed E-state index contributed by atoms with van der Waals surface area (Å²) in [7, 11) is -5.33. The number of unbranched alkanes of at least 4 members (excludes halogenated alkanes) is 28. The van der Waals surface area contributed by atoms with Crippen LogP contribution in [0.3, 0.4) is 0 Å². The zero-order valence-electron chi connectivity index (χ0n) is 51.7. The van der Waals surface area contributed by atoms with Gasteiger partial charge in [-0.25, -0.2) is 4.18 Å². The van der Waals surface area contributed by atoms with E-state index in [-0.39, 0.29) is 24.4 Å². The topological polar surface area (TPSA) is 265 Å². The van der Waals surface area contributed by atoms with Gasteiger partial charge in [-0.3, -0.25) is 14.1 Å². The lowest BCUT2D eigenvalue weighted by molar-refractivity contribution is -0.374. The second-order valence-electron chi connectivity index (χ2n) is 25.0. The Morgan fingerprint density at radius 2 is 0.864 bits per heavy atom. The van der Waals surface area contributed by atoms with Gasteiger partial charge in [0, 0.05) is 6.42 Å². The van der Waals surface area contributed by atoms with Crippen molar-refractivity contribution in [3.8, 4) is 0 Å². The molecule has 81 heavy (non-hydrogen) atoms. The number of hydrogen-bond acceptors (Lipinski definition) is 16. The highest BCUT2D eigenvalue weighted by Crippen LogP contribution is 2.35. The van der Waals surface area contributed by atoms with Gasteiger partial charge in [-0.1, -0.05) is 235 Å². The Kier molecular flexibility index (Phi) is 41.8. The van der Waals surface area contributed by atoms with Gasteiger partial charge in [-0.05, 0) is 62.2 Å². The van der Waals surface area contributed by atoms with Crippen LogP contribution in [0.25, 0.3) is 0 Å². The molecular formula is C63H120O17S. The number of ether oxygens (including phenoxy) is 5. The van der Waals surface area contributed by atoms with Crippen LogP contribution in [0.15, 0.2) is 0 Å². The Bertz CT molecular complexity index is 1670. The van der Waals surface area contributed by atoms with Gasteiger partial charge in [0.2, 0.25) is 6.29 Å². The van der Waals surface area contributed by atoms with Crippen LogP contribution in [-0.4, -0.2) is 136 Å². The third kappa shape index (κ3) is 33.2. The number of rotatable bonds is 50. The lowest BCUT2D eigenvalue weighted by atomic mass is 9.82. The first-order valence-electron chi connectivity index (χ1n) is 32.7. The number of carbonyl (C=O) groups excluding carboxylic acids is 2. The molecule has 2 fully saturated rings. The molecule has 0 amide bonds. The summed E-state index contributed by atoms with van der Waals surface area (Å²) in [4.78, 5) is 27.6. The summed E-state index contributed by atoms with van der Waals surface area (Å²) < 4.78 is 67.3. The summed E-state index contributed by atoms with van der Waals surface area (Å²) in [5, 5.41) is 64.3. The molecule has 2 aliphatic heterocycles. The van der Waals surface area contributed by atoms with Gasteiger partial charge in [-0.15, -0.1) is 0 Å². The van der Waals surface area contributed by atoms with E-state index in [1.165, 1.54) is 148 Å². The molecule has 0 saturated carbocycles. The molecule has 2 aliphatic rings. The minimum absolute atomic E-state index is 0.0274. The van der Waals surface area contributed by atoms with Crippen molar-refractivity contribution >= 4 is 22.3 Å². The van der Waals surface area contributed by atoms with Gasteiger partial charge in [0.05, 0.1) is 25.2 Å². The molecule has 480 valence electrons. The van der Waals surface area contributed by atoms with E-state index in [4.69, 9.17) is 23.7 Å². The average molecular weight is 1180 g/mol. The maximum atomic E-state index is 14.1. The summed E-state index contributed by atoms with van der Waals surface area (Å²) >= 11 is 0. The summed E-state index contributed by atoms with van der Waals surface area (Å²) in [6.45, 7) is 13.1. The third-order valence-electron chi connectivity index (χ3n) is 16.9. The molecule has 7 N–H and O–H groups in total. The van der Waals surface area contributed by atoms with Crippen LogP contribution in [0.4, 0.5) is 0 Å². The highest BCUT2D eigenvalue weighted by atomic mass is 32.3. The van der Waals surface area contributed by atoms with Gasteiger partial charge in [0.25, 0.3) is 0 Å². The highest BCUT2D eigenvalue weighted by Gasteiger charge is 2.55. The van der Waals surface area contributed by atoms with E-state index in [0.717, 1.165) is 64.2 Å². The SMILES string of the molecule is CCCCCCCCCCCCCCCCCC(=O)O[C@@H]1[C@@H](O)[C@H](CO)O[C@@H](O[C@H]2O[C@H](CO)[C@@H](O)[C@H](O)[C@H]2OS(=O)(=O)O)[C@H]1OC(=O)[C@H](C)C[C@@H](C)C[C@@H](C)C[C@@H](C)C[C@@H](C)[C@@H](O)CCCCCCCCCCCCCCCCC. The van der Waals surface area contributed by atoms with E-state index in [9.17, 15) is 53.2 Å². The highest BCUT2D eigenvalue weighted by molar-refractivity contribution is 7.80. The molecule has 0 bridgehead atoms. The largest absolute Gasteiger partial charge is 0.455 e. The van der Waals surface area contributed by atoms with Crippen LogP contribution in [0, 0.1) is 29.6 Å². The van der Waals surface area contributed by atoms with Gasteiger partial charge < -0.3 is 54.3 Å². The average Bonchev–Trinajstić information content (AvgIpc) is 3.41. The summed E-state index contributed by atoms with van der Waals surface area (Å²) in [5.41, 5.74) is 0. The zero-order valence-corrected chi connectivity index (χ0v) is 52.5. The van der Waals surface area contributed by atoms with Crippen molar-refractivity contribution < 1.29 is 81.1 Å². The van der Waals surface area contributed by atoms with E-state index in [1.807, 2.05) is 0 Å². The van der Waals surface area contributed by atoms with Crippen molar-refractivity contribution in [2.45, 2.75) is 347 Å². The van der Waals surface area contributed by atoms with Crippen molar-refractivity contribution in [3.63, 3.8) is 0 Å². The monoisotopic (exact) mass is 1180 g/mol. The van der Waals surface area contributed by atoms with Crippen molar-refractivity contribution in [3.05, 3.63) is 0 Å². The predicted octanol–water partition coefficient (Wildman–Crippen LogP) is 12.2. The third-order valence-corrected chi connectivity index (χ3v) is 17.4. The molecule has 0 unspecified atom stereocenters. The van der Waals surface area contributed by atoms with Crippen molar-refractivity contribution in [2.24, 2.45) is 29.6 Å². The number of aliphatic hydroxyl groups excluding tert-OH is 6. The number of aliphatic hydroxyl groups is 6. The normalized spacial score (nSPS) is 25.7. The van der Waals surface area contributed by atoms with Crippen LogP contribution < -0.4 is 0 Å². The van der Waals surface area contributed by atoms with E-state index >= 15 is 0 Å². The van der Waals surface area contributed by atoms with E-state index in [0.29, 0.717) is 24.7 Å². The van der Waals surface area contributed by atoms with Crippen LogP contribution in [-0.2, 0) is 47.9 Å². The summed E-state index contributed by atoms with van der Waals surface area (Å²) in [6, 6.07) is 0. The zero-order chi connectivity index (χ0) is 60.0. The number of esters is 2. The summed E-state index contributed by atoms with van der Waals surface area (Å²) in [6.07, 6.45) is 21.9. The quantitative estimate of drug-likeness (QED) is 0.0170. The molecule has 0 aromatic rings. The molecular weight excluding hydrogens is 1060 g/mol. The van der Waals surface area contributed by atoms with E-state index < -0.39 is 103 Å². The minimum Gasteiger partial charge on any atom is -0.455 e. The number of carbonyl (C=O) groups is 2. The first kappa shape index (κ1) is 75.5. The van der Waals surface area contributed by atoms with Gasteiger partial charge >= 0.3 is 22.3 Å². The molecule has 0 radical (unpaired) electrons. The fourth-order valence-corrected chi connectivity index (χ4v) is 12.7. The lowest BCUT2D eigenvalue weighted by Crippen LogP contribution is -2.65. The Hall–Kier alpha value is -1.55. The smallest absolute Gasteiger partial charge is 0.397 e. The lowest BCUT2D eigenvalue weighted by Gasteiger charge is -2.46. The molecule has 2 rings (SSSR count). The molecule has 2 saturated heterocycles. The molecule has 17 nitrogen and oxygen atoms in total. The molecule has 0 aromatic carbocycles. The van der Waals surface area contributed by atoms with Gasteiger partial charge in [-0.2, -0.15) is 8.42 Å². The molecule has 2 heterocycles. The maximum absolute atomic E-state index is 14.1. The molecule has 0 aromatic heterocycles. The second kappa shape index (κ2) is 44.8. The van der Waals surface area contributed by atoms with Crippen LogP contribution >= 0.6 is 0 Å². The van der Waals surface area contributed by atoms with Crippen molar-refractivity contribution in [1.29, 1.82) is 0 Å². The van der Waals surface area contributed by atoms with Crippen LogP contribution in [0.1, 0.15) is 280 Å². The molecule has 0 aliphatic carbocycles. The van der Waals surface area contributed by atoms with E-state index in [2.05, 4.69) is 45.7 Å². The Morgan fingerprint density at radius 3 is 1.30 bits per heavy atom. The van der Waals surface area contributed by atoms with Crippen molar-refractivity contribution in [1.82, 2.24) is 0 Å². The van der Waals surface area contributed by atoms with E-state index in [1.54, 1.807) is 6.92 Å². The standard InChI is InChI=1S/C63H120O17S/c1-8-10-12-14-16-18-20-22-24-26-28-30-32-34-36-38-51(66)49(6)42-47(4)40-46(3)41-48(5)43-50(7)61(71)78-60-58(77-54(67)39-37-35-33-31-29-27-25-23-21-19-17-15-13-11-9-2)56(69)53(45-65)76-63(60)79-62-59(80-81(72,73)74)57(70)55(68)52(44-64)75-62/h46-53,55-60,62-66,68-70H,8-45H2,1-7H3,(H,72,73,74)/t46-,47+,48-,49+,50+,51-,52+,53-,55+,56-,57-,58+,59+,60-,62+,63-/m0/s1. The fraction of sp³-hybridized carbons (Fsp3) is 0.968. The fourth-order valence-electron chi connectivity index (χ4n) is 12.2. The predicted molar refractivity (Wildman–Crippen MR) is 316 cm³/mol. The van der Waals surface area contributed by atoms with Gasteiger partial charge in [0.15, 0.2) is 24.6 Å². The maximum Gasteiger partial charge on any atom is 0.397 e. The molecule has 16 atom stereocenters. The molecule has 0 spiro atoms. The Labute approximate surface area is 491 Å². The summed E-state index contributed by atoms with van der Waals surface area (Å²) in [5.74, 6) is -1.29. The minimum atomic E-state index is -5.33. The van der Waals surface area contributed by atoms with Crippen LogP contribution in [0.2, 0.25) is 0 Å². The first-order valence-corrected chi connectivity index (χ1v) is 34.1.